The lowest BCUT2D eigenvalue weighted by atomic mass is 10.1. The lowest BCUT2D eigenvalue weighted by molar-refractivity contribution is 0.119. The van der Waals surface area contributed by atoms with Gasteiger partial charge in [-0.1, -0.05) is 34.1 Å². The highest BCUT2D eigenvalue weighted by molar-refractivity contribution is 9.10. The molecule has 104 valence electrons. The summed E-state index contributed by atoms with van der Waals surface area (Å²) in [5.74, 6) is 1.94. The zero-order valence-corrected chi connectivity index (χ0v) is 12.9. The molecule has 2 fully saturated rings. The number of halogens is 1. The molecule has 0 amide bonds. The molecule has 3 rings (SSSR count). The Bertz CT molecular complexity index is 403. The largest absolute Gasteiger partial charge is 0.375 e. The molecule has 1 aromatic rings. The second-order valence-corrected chi connectivity index (χ2v) is 6.65. The van der Waals surface area contributed by atoms with E-state index in [1.54, 1.807) is 0 Å². The van der Waals surface area contributed by atoms with E-state index >= 15 is 0 Å². The molecule has 2 aliphatic carbocycles. The Morgan fingerprint density at radius 3 is 2.47 bits per heavy atom. The van der Waals surface area contributed by atoms with E-state index in [2.05, 4.69) is 39.4 Å². The van der Waals surface area contributed by atoms with Crippen LogP contribution in [-0.2, 0) is 11.3 Å². The zero-order chi connectivity index (χ0) is 13.1. The molecule has 0 saturated heterocycles. The van der Waals surface area contributed by atoms with Crippen molar-refractivity contribution in [2.24, 2.45) is 11.8 Å². The van der Waals surface area contributed by atoms with Crippen molar-refractivity contribution in [3.8, 4) is 0 Å². The SMILES string of the molecule is Brc1ccccc1COCCNC(C1CC1)C1CC1. The number of rotatable bonds is 8. The second kappa shape index (κ2) is 6.38. The van der Waals surface area contributed by atoms with Gasteiger partial charge >= 0.3 is 0 Å². The third kappa shape index (κ3) is 4.04. The number of hydrogen-bond acceptors (Lipinski definition) is 2. The minimum absolute atomic E-state index is 0.695. The van der Waals surface area contributed by atoms with Crippen LogP contribution >= 0.6 is 15.9 Å². The van der Waals surface area contributed by atoms with Gasteiger partial charge in [0.2, 0.25) is 0 Å². The molecule has 2 nitrogen and oxygen atoms in total. The Morgan fingerprint density at radius 1 is 1.16 bits per heavy atom. The molecule has 0 aromatic heterocycles. The first-order valence-electron chi connectivity index (χ1n) is 7.39. The molecule has 0 heterocycles. The van der Waals surface area contributed by atoms with Gasteiger partial charge < -0.3 is 10.1 Å². The average molecular weight is 324 g/mol. The van der Waals surface area contributed by atoms with Gasteiger partial charge in [-0.05, 0) is 49.1 Å². The van der Waals surface area contributed by atoms with Crippen LogP contribution in [0.1, 0.15) is 31.2 Å². The zero-order valence-electron chi connectivity index (χ0n) is 11.3. The molecule has 0 radical (unpaired) electrons. The molecule has 2 saturated carbocycles. The van der Waals surface area contributed by atoms with Crippen LogP contribution in [-0.4, -0.2) is 19.2 Å². The molecule has 0 aliphatic heterocycles. The molecular formula is C16H22BrNO. The van der Waals surface area contributed by atoms with Gasteiger partial charge in [-0.15, -0.1) is 0 Å². The topological polar surface area (TPSA) is 21.3 Å². The first-order valence-corrected chi connectivity index (χ1v) is 8.18. The van der Waals surface area contributed by atoms with Gasteiger partial charge in [-0.3, -0.25) is 0 Å². The predicted octanol–water partition coefficient (Wildman–Crippen LogP) is 3.74. The van der Waals surface area contributed by atoms with Gasteiger partial charge in [0.05, 0.1) is 13.2 Å². The van der Waals surface area contributed by atoms with Crippen molar-refractivity contribution < 1.29 is 4.74 Å². The molecule has 19 heavy (non-hydrogen) atoms. The quantitative estimate of drug-likeness (QED) is 0.736. The van der Waals surface area contributed by atoms with Crippen LogP contribution in [0, 0.1) is 11.8 Å². The highest BCUT2D eigenvalue weighted by Crippen LogP contribution is 2.44. The fourth-order valence-electron chi connectivity index (χ4n) is 2.72. The van der Waals surface area contributed by atoms with Gasteiger partial charge in [-0.2, -0.15) is 0 Å². The summed E-state index contributed by atoms with van der Waals surface area (Å²) in [5.41, 5.74) is 1.23. The van der Waals surface area contributed by atoms with Crippen LogP contribution in [0.2, 0.25) is 0 Å². The van der Waals surface area contributed by atoms with Crippen molar-refractivity contribution >= 4 is 15.9 Å². The van der Waals surface area contributed by atoms with E-state index < -0.39 is 0 Å². The molecule has 2 aliphatic rings. The Morgan fingerprint density at radius 2 is 1.84 bits per heavy atom. The Balaban J connectivity index is 1.33. The standard InChI is InChI=1S/C16H22BrNO/c17-15-4-2-1-3-14(15)11-19-10-9-18-16(12-5-6-12)13-7-8-13/h1-4,12-13,16,18H,5-11H2. The second-order valence-electron chi connectivity index (χ2n) is 5.80. The van der Waals surface area contributed by atoms with E-state index in [1.807, 2.05) is 6.07 Å². The first kappa shape index (κ1) is 13.6. The highest BCUT2D eigenvalue weighted by atomic mass is 79.9. The van der Waals surface area contributed by atoms with Crippen molar-refractivity contribution in [3.05, 3.63) is 34.3 Å². The maximum absolute atomic E-state index is 5.76. The van der Waals surface area contributed by atoms with Gasteiger partial charge in [0.25, 0.3) is 0 Å². The smallest absolute Gasteiger partial charge is 0.0728 e. The van der Waals surface area contributed by atoms with Crippen LogP contribution in [0.3, 0.4) is 0 Å². The lowest BCUT2D eigenvalue weighted by Crippen LogP contribution is -2.35. The van der Waals surface area contributed by atoms with Gasteiger partial charge in [0.1, 0.15) is 0 Å². The van der Waals surface area contributed by atoms with E-state index in [-0.39, 0.29) is 0 Å². The third-order valence-electron chi connectivity index (χ3n) is 4.10. The minimum atomic E-state index is 0.695. The number of hydrogen-bond donors (Lipinski definition) is 1. The van der Waals surface area contributed by atoms with Crippen LogP contribution in [0.4, 0.5) is 0 Å². The summed E-state index contributed by atoms with van der Waals surface area (Å²) in [7, 11) is 0. The molecule has 3 heteroatoms. The Hall–Kier alpha value is -0.380. The summed E-state index contributed by atoms with van der Waals surface area (Å²) in [6.07, 6.45) is 5.75. The third-order valence-corrected chi connectivity index (χ3v) is 4.88. The monoisotopic (exact) mass is 323 g/mol. The van der Waals surface area contributed by atoms with Crippen LogP contribution < -0.4 is 5.32 Å². The van der Waals surface area contributed by atoms with Crippen LogP contribution in [0.15, 0.2) is 28.7 Å². The van der Waals surface area contributed by atoms with Crippen molar-refractivity contribution in [3.63, 3.8) is 0 Å². The molecule has 0 spiro atoms. The molecule has 0 atom stereocenters. The maximum atomic E-state index is 5.76. The average Bonchev–Trinajstić information content (AvgIpc) is 3.28. The predicted molar refractivity (Wildman–Crippen MR) is 81.0 cm³/mol. The van der Waals surface area contributed by atoms with Gasteiger partial charge in [0.15, 0.2) is 0 Å². The Labute approximate surface area is 124 Å². The first-order chi connectivity index (χ1) is 9.34. The molecule has 1 N–H and O–H groups in total. The fraction of sp³-hybridized carbons (Fsp3) is 0.625. The summed E-state index contributed by atoms with van der Waals surface area (Å²) in [6.45, 7) is 2.49. The number of nitrogens with one attached hydrogen (secondary N) is 1. The minimum Gasteiger partial charge on any atom is -0.375 e. The lowest BCUT2D eigenvalue weighted by Gasteiger charge is -2.17. The molecule has 0 unspecified atom stereocenters. The fourth-order valence-corrected chi connectivity index (χ4v) is 3.12. The van der Waals surface area contributed by atoms with Crippen molar-refractivity contribution in [1.82, 2.24) is 5.32 Å². The Kier molecular flexibility index (Phi) is 4.57. The van der Waals surface area contributed by atoms with E-state index in [9.17, 15) is 0 Å². The van der Waals surface area contributed by atoms with Crippen LogP contribution in [0.5, 0.6) is 0 Å². The summed E-state index contributed by atoms with van der Waals surface area (Å²) < 4.78 is 6.89. The van der Waals surface area contributed by atoms with Gasteiger partial charge in [0, 0.05) is 17.1 Å². The number of benzene rings is 1. The van der Waals surface area contributed by atoms with Crippen molar-refractivity contribution in [2.75, 3.05) is 13.2 Å². The molecule has 0 bridgehead atoms. The van der Waals surface area contributed by atoms with E-state index in [1.165, 1.54) is 31.2 Å². The summed E-state index contributed by atoms with van der Waals surface area (Å²) in [4.78, 5) is 0. The van der Waals surface area contributed by atoms with E-state index in [0.29, 0.717) is 6.61 Å². The van der Waals surface area contributed by atoms with Gasteiger partial charge in [-0.25, -0.2) is 0 Å². The summed E-state index contributed by atoms with van der Waals surface area (Å²) >= 11 is 3.55. The van der Waals surface area contributed by atoms with E-state index in [0.717, 1.165) is 35.5 Å². The van der Waals surface area contributed by atoms with E-state index in [4.69, 9.17) is 4.74 Å². The molecule has 1 aromatic carbocycles. The van der Waals surface area contributed by atoms with Crippen molar-refractivity contribution in [1.29, 1.82) is 0 Å². The van der Waals surface area contributed by atoms with Crippen molar-refractivity contribution in [2.45, 2.75) is 38.3 Å². The summed E-state index contributed by atoms with van der Waals surface area (Å²) in [6, 6.07) is 9.04. The highest BCUT2D eigenvalue weighted by Gasteiger charge is 2.40. The molecular weight excluding hydrogens is 302 g/mol. The normalized spacial score (nSPS) is 19.1. The van der Waals surface area contributed by atoms with Crippen LogP contribution in [0.25, 0.3) is 0 Å². The maximum Gasteiger partial charge on any atom is 0.0728 e. The summed E-state index contributed by atoms with van der Waals surface area (Å²) in [5, 5.41) is 3.71. The number of ether oxygens (including phenoxy) is 1.